The quantitative estimate of drug-likeness (QED) is 0.215. The summed E-state index contributed by atoms with van der Waals surface area (Å²) in [7, 11) is 1.61. The average Bonchev–Trinajstić information content (AvgIpc) is 2.71. The summed E-state index contributed by atoms with van der Waals surface area (Å²) in [5.41, 5.74) is 1.14. The Balaban J connectivity index is 0.00000420. The number of benzene rings is 2. The summed E-state index contributed by atoms with van der Waals surface area (Å²) in [6.45, 7) is 5.98. The maximum Gasteiger partial charge on any atom is 0.161 e. The maximum atomic E-state index is 5.83. The highest BCUT2D eigenvalue weighted by Crippen LogP contribution is 2.31. The lowest BCUT2D eigenvalue weighted by molar-refractivity contribution is -0.195. The van der Waals surface area contributed by atoms with Gasteiger partial charge in [-0.15, -0.1) is 9.32 Å². The van der Waals surface area contributed by atoms with E-state index < -0.39 is 0 Å². The first-order chi connectivity index (χ1) is 13.7. The highest BCUT2D eigenvalue weighted by Gasteiger charge is 2.10. The van der Waals surface area contributed by atoms with Gasteiger partial charge in [0.25, 0.3) is 0 Å². The van der Waals surface area contributed by atoms with E-state index in [0.29, 0.717) is 19.0 Å². The number of nitrogens with one attached hydrogen (secondary N) is 1. The van der Waals surface area contributed by atoms with Gasteiger partial charge < -0.3 is 19.5 Å². The van der Waals surface area contributed by atoms with Gasteiger partial charge in [0, 0.05) is 12.6 Å². The molecule has 2 rings (SSSR count). The molecule has 0 aliphatic carbocycles. The first-order valence-corrected chi connectivity index (χ1v) is 9.87. The second-order valence-corrected chi connectivity index (χ2v) is 6.76. The van der Waals surface area contributed by atoms with Crippen LogP contribution in [0.25, 0.3) is 0 Å². The Labute approximate surface area is 177 Å². The van der Waals surface area contributed by atoms with Crippen molar-refractivity contribution in [3.05, 3.63) is 48.0 Å². The summed E-state index contributed by atoms with van der Waals surface area (Å²) < 4.78 is 21.5. The van der Waals surface area contributed by atoms with Crippen molar-refractivity contribution in [2.75, 3.05) is 26.9 Å². The van der Waals surface area contributed by atoms with Gasteiger partial charge in [0.05, 0.1) is 30.7 Å². The molecule has 0 bridgehead atoms. The van der Waals surface area contributed by atoms with Crippen molar-refractivity contribution in [2.45, 2.75) is 38.6 Å². The summed E-state index contributed by atoms with van der Waals surface area (Å²) in [5.74, 6) is 7.14. The molecule has 8 heteroatoms. The molecule has 0 aliphatic rings. The van der Waals surface area contributed by atoms with Crippen molar-refractivity contribution >= 4 is 12.0 Å². The molecule has 162 valence electrons. The van der Waals surface area contributed by atoms with Gasteiger partial charge >= 0.3 is 0 Å². The van der Waals surface area contributed by atoms with Crippen LogP contribution in [-0.2, 0) is 15.7 Å². The highest BCUT2D eigenvalue weighted by atomic mass is 32.2. The third kappa shape index (κ3) is 8.51. The molecular formula is C21H32N2O5S. The number of hydrogen-bond donors (Lipinski definition) is 2. The fourth-order valence-corrected chi connectivity index (χ4v) is 3.25. The molecule has 7 nitrogen and oxygen atoms in total. The van der Waals surface area contributed by atoms with Crippen molar-refractivity contribution in [3.8, 4) is 17.2 Å². The van der Waals surface area contributed by atoms with Gasteiger partial charge in [-0.1, -0.05) is 25.6 Å². The van der Waals surface area contributed by atoms with Gasteiger partial charge in [-0.2, -0.15) is 5.90 Å². The SMILES string of the molecule is C.CCOc1ccccc1OCCNC(C)Cc1ccc(OC)c(SOON)c1. The summed E-state index contributed by atoms with van der Waals surface area (Å²) in [6, 6.07) is 13.9. The predicted octanol–water partition coefficient (Wildman–Crippen LogP) is 4.16. The molecule has 1 atom stereocenters. The third-order valence-corrected chi connectivity index (χ3v) is 4.58. The third-order valence-electron chi connectivity index (χ3n) is 3.93. The normalized spacial score (nSPS) is 11.4. The molecule has 1 unspecified atom stereocenters. The van der Waals surface area contributed by atoms with Crippen molar-refractivity contribution < 1.29 is 23.5 Å². The summed E-state index contributed by atoms with van der Waals surface area (Å²) in [6.07, 6.45) is 0.844. The molecule has 0 aliphatic heterocycles. The molecule has 0 heterocycles. The highest BCUT2D eigenvalue weighted by molar-refractivity contribution is 7.94. The number of methoxy groups -OCH3 is 1. The molecule has 3 N–H and O–H groups in total. The second-order valence-electron chi connectivity index (χ2n) is 6.02. The average molecular weight is 425 g/mol. The van der Waals surface area contributed by atoms with Crippen LogP contribution >= 0.6 is 12.0 Å². The van der Waals surface area contributed by atoms with E-state index in [2.05, 4.69) is 17.2 Å². The zero-order valence-electron chi connectivity index (χ0n) is 16.5. The van der Waals surface area contributed by atoms with Gasteiger partial charge in [-0.25, -0.2) is 0 Å². The molecule has 0 fully saturated rings. The van der Waals surface area contributed by atoms with Crippen LogP contribution in [0.1, 0.15) is 26.8 Å². The van der Waals surface area contributed by atoms with E-state index in [1.165, 1.54) is 0 Å². The molecule has 0 saturated heterocycles. The Morgan fingerprint density at radius 1 is 1.07 bits per heavy atom. The van der Waals surface area contributed by atoms with E-state index in [1.54, 1.807) is 7.11 Å². The fraction of sp³-hybridized carbons (Fsp3) is 0.429. The summed E-state index contributed by atoms with van der Waals surface area (Å²) in [5, 5.41) is 3.46. The summed E-state index contributed by atoms with van der Waals surface area (Å²) >= 11 is 1.01. The van der Waals surface area contributed by atoms with Crippen molar-refractivity contribution in [1.82, 2.24) is 5.32 Å². The van der Waals surface area contributed by atoms with Crippen LogP contribution in [0.2, 0.25) is 0 Å². The smallest absolute Gasteiger partial charge is 0.161 e. The van der Waals surface area contributed by atoms with Crippen molar-refractivity contribution in [2.24, 2.45) is 5.90 Å². The molecule has 2 aromatic rings. The molecule has 0 aromatic heterocycles. The molecule has 0 saturated carbocycles. The molecule has 0 spiro atoms. The predicted molar refractivity (Wildman–Crippen MR) is 116 cm³/mol. The minimum atomic E-state index is 0. The molecule has 29 heavy (non-hydrogen) atoms. The van der Waals surface area contributed by atoms with Crippen LogP contribution < -0.4 is 25.4 Å². The Bertz CT molecular complexity index is 717. The van der Waals surface area contributed by atoms with Gasteiger partial charge in [-0.05, 0) is 50.1 Å². The van der Waals surface area contributed by atoms with Crippen molar-refractivity contribution in [1.29, 1.82) is 0 Å². The van der Waals surface area contributed by atoms with Crippen LogP contribution in [-0.4, -0.2) is 32.9 Å². The van der Waals surface area contributed by atoms with Gasteiger partial charge in [0.1, 0.15) is 12.4 Å². The zero-order valence-corrected chi connectivity index (χ0v) is 17.3. The molecule has 0 radical (unpaired) electrons. The lowest BCUT2D eigenvalue weighted by Gasteiger charge is -2.16. The van der Waals surface area contributed by atoms with E-state index in [-0.39, 0.29) is 13.5 Å². The van der Waals surface area contributed by atoms with E-state index >= 15 is 0 Å². The number of nitrogens with two attached hydrogens (primary N) is 1. The number of hydrogen-bond acceptors (Lipinski definition) is 8. The molecular weight excluding hydrogens is 392 g/mol. The minimum Gasteiger partial charge on any atom is -0.495 e. The van der Waals surface area contributed by atoms with E-state index in [0.717, 1.165) is 47.0 Å². The Morgan fingerprint density at radius 2 is 1.79 bits per heavy atom. The number of ether oxygens (including phenoxy) is 3. The van der Waals surface area contributed by atoms with E-state index in [4.69, 9.17) is 24.4 Å². The standard InChI is InChI=1S/C20H28N2O5S.CH4/c1-4-24-17-7-5-6-8-18(17)25-12-11-22-15(2)13-16-9-10-19(23-3)20(14-16)28-27-26-21;/h5-10,14-15,22H,4,11-13,21H2,1-3H3;1H4. The Hall–Kier alpha value is -1.97. The molecule has 2 aromatic carbocycles. The van der Waals surface area contributed by atoms with Gasteiger partial charge in [-0.3, -0.25) is 0 Å². The lowest BCUT2D eigenvalue weighted by atomic mass is 10.1. The van der Waals surface area contributed by atoms with Crippen LogP contribution in [0.5, 0.6) is 17.2 Å². The van der Waals surface area contributed by atoms with Crippen LogP contribution in [0.15, 0.2) is 47.4 Å². The van der Waals surface area contributed by atoms with Gasteiger partial charge in [0.2, 0.25) is 0 Å². The molecule has 0 amide bonds. The van der Waals surface area contributed by atoms with Crippen LogP contribution in [0.4, 0.5) is 0 Å². The Morgan fingerprint density at radius 3 is 2.45 bits per heavy atom. The largest absolute Gasteiger partial charge is 0.495 e. The van der Waals surface area contributed by atoms with Crippen molar-refractivity contribution in [3.63, 3.8) is 0 Å². The van der Waals surface area contributed by atoms with Crippen LogP contribution in [0.3, 0.4) is 0 Å². The lowest BCUT2D eigenvalue weighted by Crippen LogP contribution is -2.31. The second kappa shape index (κ2) is 14.1. The minimum absolute atomic E-state index is 0. The monoisotopic (exact) mass is 424 g/mol. The number of para-hydroxylation sites is 2. The van der Waals surface area contributed by atoms with E-state index in [9.17, 15) is 0 Å². The fourth-order valence-electron chi connectivity index (χ4n) is 2.71. The first kappa shape index (κ1) is 25.1. The van der Waals surface area contributed by atoms with Gasteiger partial charge in [0.15, 0.2) is 11.5 Å². The maximum absolute atomic E-state index is 5.83. The Kier molecular flexibility index (Phi) is 12.2. The number of rotatable bonds is 13. The first-order valence-electron chi connectivity index (χ1n) is 9.13. The van der Waals surface area contributed by atoms with Crippen LogP contribution in [0, 0.1) is 0 Å². The topological polar surface area (TPSA) is 84.2 Å². The summed E-state index contributed by atoms with van der Waals surface area (Å²) in [4.78, 5) is 4.96. The zero-order chi connectivity index (χ0) is 20.2. The van der Waals surface area contributed by atoms with E-state index in [1.807, 2.05) is 49.4 Å².